The molecule has 1 saturated heterocycles. The number of aliphatic carboxylic acids is 1. The fraction of sp³-hybridized carbons (Fsp3) is 0.476. The Morgan fingerprint density at radius 1 is 1.28 bits per heavy atom. The van der Waals surface area contributed by atoms with E-state index in [4.69, 9.17) is 4.74 Å². The van der Waals surface area contributed by atoms with Gasteiger partial charge in [-0.1, -0.05) is 18.2 Å². The van der Waals surface area contributed by atoms with Gasteiger partial charge in [0.2, 0.25) is 0 Å². The van der Waals surface area contributed by atoms with E-state index in [0.717, 1.165) is 55.3 Å². The number of ether oxygens (including phenoxy) is 1. The molecule has 3 rings (SSSR count). The molecule has 29 heavy (non-hydrogen) atoms. The highest BCUT2D eigenvalue weighted by Gasteiger charge is 2.32. The predicted octanol–water partition coefficient (Wildman–Crippen LogP) is 4.78. The van der Waals surface area contributed by atoms with Gasteiger partial charge in [0.15, 0.2) is 0 Å². The van der Waals surface area contributed by atoms with Crippen molar-refractivity contribution in [2.45, 2.75) is 37.7 Å². The average Bonchev–Trinajstić information content (AvgIpc) is 2.70. The number of hydrogen-bond acceptors (Lipinski definition) is 4. The second kappa shape index (κ2) is 9.71. The van der Waals surface area contributed by atoms with Gasteiger partial charge in [-0.05, 0) is 37.5 Å². The zero-order chi connectivity index (χ0) is 20.9. The molecule has 8 heteroatoms. The van der Waals surface area contributed by atoms with Crippen LogP contribution < -0.4 is 0 Å². The highest BCUT2D eigenvalue weighted by Crippen LogP contribution is 2.36. The quantitative estimate of drug-likeness (QED) is 0.647. The normalized spacial score (nSPS) is 20.2. The Morgan fingerprint density at radius 2 is 2.03 bits per heavy atom. The monoisotopic (exact) mass is 427 g/mol. The lowest BCUT2D eigenvalue weighted by Crippen LogP contribution is -2.37. The number of rotatable bonds is 8. The van der Waals surface area contributed by atoms with E-state index < -0.39 is 24.1 Å². The summed E-state index contributed by atoms with van der Waals surface area (Å²) in [4.78, 5) is 13.6. The van der Waals surface area contributed by atoms with Gasteiger partial charge in [-0.15, -0.1) is 11.8 Å². The Hall–Kier alpha value is -1.93. The van der Waals surface area contributed by atoms with E-state index in [1.807, 2.05) is 4.90 Å². The Morgan fingerprint density at radius 3 is 2.69 bits per heavy atom. The third-order valence-electron chi connectivity index (χ3n) is 4.98. The summed E-state index contributed by atoms with van der Waals surface area (Å²) >= 11 is 1.12. The van der Waals surface area contributed by atoms with E-state index in [9.17, 15) is 23.1 Å². The molecule has 4 nitrogen and oxygen atoms in total. The molecule has 0 aliphatic carbocycles. The summed E-state index contributed by atoms with van der Waals surface area (Å²) in [6.45, 7) is 1.75. The van der Waals surface area contributed by atoms with Crippen LogP contribution >= 0.6 is 11.8 Å². The molecular formula is C21H24F3NO3S. The van der Waals surface area contributed by atoms with Gasteiger partial charge < -0.3 is 14.7 Å². The molecule has 0 aromatic heterocycles. The van der Waals surface area contributed by atoms with E-state index in [2.05, 4.69) is 0 Å². The largest absolute Gasteiger partial charge is 0.478 e. The van der Waals surface area contributed by atoms with E-state index in [1.54, 1.807) is 6.08 Å². The van der Waals surface area contributed by atoms with Crippen molar-refractivity contribution < 1.29 is 27.8 Å². The van der Waals surface area contributed by atoms with Crippen LogP contribution in [0.1, 0.15) is 31.2 Å². The van der Waals surface area contributed by atoms with Gasteiger partial charge in [0.1, 0.15) is 5.82 Å². The van der Waals surface area contributed by atoms with Gasteiger partial charge in [0.25, 0.3) is 5.92 Å². The SMILES string of the molecule is O=C(O)C1=C(SCCC(F)(F)c2ccc(F)cc2)N(CC2CCCCO2)CC=C1. The van der Waals surface area contributed by atoms with Crippen LogP contribution in [0.25, 0.3) is 0 Å². The second-order valence-corrected chi connectivity index (χ2v) is 8.21. The molecular weight excluding hydrogens is 403 g/mol. The van der Waals surface area contributed by atoms with Crippen molar-refractivity contribution in [2.24, 2.45) is 0 Å². The summed E-state index contributed by atoms with van der Waals surface area (Å²) in [5.41, 5.74) is -0.134. The molecule has 1 aromatic carbocycles. The number of benzene rings is 1. The lowest BCUT2D eigenvalue weighted by molar-refractivity contribution is -0.132. The maximum absolute atomic E-state index is 14.5. The first kappa shape index (κ1) is 21.8. The number of halogens is 3. The van der Waals surface area contributed by atoms with Gasteiger partial charge in [0.05, 0.1) is 16.7 Å². The molecule has 1 N–H and O–H groups in total. The lowest BCUT2D eigenvalue weighted by atomic mass is 10.1. The molecule has 0 amide bonds. The Labute approximate surface area is 172 Å². The molecule has 0 saturated carbocycles. The summed E-state index contributed by atoms with van der Waals surface area (Å²) in [5, 5.41) is 10.0. The molecule has 1 aromatic rings. The third kappa shape index (κ3) is 5.79. The summed E-state index contributed by atoms with van der Waals surface area (Å²) < 4.78 is 47.6. The molecule has 2 aliphatic heterocycles. The maximum Gasteiger partial charge on any atom is 0.338 e. The van der Waals surface area contributed by atoms with Crippen LogP contribution in [-0.4, -0.2) is 47.5 Å². The molecule has 158 valence electrons. The number of hydrogen-bond donors (Lipinski definition) is 1. The zero-order valence-corrected chi connectivity index (χ0v) is 16.8. The van der Waals surface area contributed by atoms with Gasteiger partial charge in [0, 0.05) is 37.4 Å². The van der Waals surface area contributed by atoms with Crippen LogP contribution in [0.3, 0.4) is 0 Å². The van der Waals surface area contributed by atoms with Crippen molar-refractivity contribution in [3.8, 4) is 0 Å². The van der Waals surface area contributed by atoms with Crippen LogP contribution in [0, 0.1) is 5.82 Å². The number of nitrogens with zero attached hydrogens (tertiary/aromatic N) is 1. The van der Waals surface area contributed by atoms with Gasteiger partial charge in [-0.25, -0.2) is 18.0 Å². The first-order valence-electron chi connectivity index (χ1n) is 9.64. The molecule has 1 unspecified atom stereocenters. The van der Waals surface area contributed by atoms with Gasteiger partial charge in [-0.3, -0.25) is 0 Å². The van der Waals surface area contributed by atoms with Crippen molar-refractivity contribution in [1.82, 2.24) is 4.90 Å². The molecule has 1 fully saturated rings. The summed E-state index contributed by atoms with van der Waals surface area (Å²) in [6, 6.07) is 4.19. The van der Waals surface area contributed by atoms with Gasteiger partial charge >= 0.3 is 5.97 Å². The van der Waals surface area contributed by atoms with Crippen molar-refractivity contribution in [3.63, 3.8) is 0 Å². The third-order valence-corrected chi connectivity index (χ3v) is 6.14. The Balaban J connectivity index is 1.67. The lowest BCUT2D eigenvalue weighted by Gasteiger charge is -2.34. The zero-order valence-electron chi connectivity index (χ0n) is 16.0. The second-order valence-electron chi connectivity index (χ2n) is 7.13. The minimum atomic E-state index is -3.12. The topological polar surface area (TPSA) is 49.8 Å². The van der Waals surface area contributed by atoms with Crippen molar-refractivity contribution in [2.75, 3.05) is 25.4 Å². The van der Waals surface area contributed by atoms with E-state index in [1.165, 1.54) is 6.08 Å². The first-order valence-corrected chi connectivity index (χ1v) is 10.6. The highest BCUT2D eigenvalue weighted by atomic mass is 32.2. The van der Waals surface area contributed by atoms with E-state index in [-0.39, 0.29) is 23.0 Å². The van der Waals surface area contributed by atoms with Crippen LogP contribution in [0.4, 0.5) is 13.2 Å². The number of alkyl halides is 2. The number of carboxylic acids is 1. The summed E-state index contributed by atoms with van der Waals surface area (Å²) in [7, 11) is 0. The first-order chi connectivity index (χ1) is 13.9. The molecule has 0 spiro atoms. The molecule has 0 bridgehead atoms. The van der Waals surface area contributed by atoms with Gasteiger partial charge in [-0.2, -0.15) is 0 Å². The number of carbonyl (C=O) groups is 1. The Bertz CT molecular complexity index is 774. The smallest absolute Gasteiger partial charge is 0.338 e. The average molecular weight is 427 g/mol. The highest BCUT2D eigenvalue weighted by molar-refractivity contribution is 8.03. The number of thioether (sulfide) groups is 1. The van der Waals surface area contributed by atoms with Crippen molar-refractivity contribution in [3.05, 3.63) is 58.4 Å². The maximum atomic E-state index is 14.5. The summed E-state index contributed by atoms with van der Waals surface area (Å²) in [6.07, 6.45) is 5.83. The predicted molar refractivity (Wildman–Crippen MR) is 106 cm³/mol. The van der Waals surface area contributed by atoms with Crippen LogP contribution in [-0.2, 0) is 15.5 Å². The molecule has 0 radical (unpaired) electrons. The fourth-order valence-electron chi connectivity index (χ4n) is 3.42. The summed E-state index contributed by atoms with van der Waals surface area (Å²) in [5.74, 6) is -4.73. The van der Waals surface area contributed by atoms with Crippen molar-refractivity contribution >= 4 is 17.7 Å². The molecule has 1 atom stereocenters. The number of carboxylic acid groups (broad SMARTS) is 1. The minimum absolute atomic E-state index is 0.0153. The molecule has 2 heterocycles. The van der Waals surface area contributed by atoms with Crippen LogP contribution in [0.5, 0.6) is 0 Å². The fourth-order valence-corrected chi connectivity index (χ4v) is 4.62. The van der Waals surface area contributed by atoms with Crippen LogP contribution in [0.15, 0.2) is 47.0 Å². The molecule has 2 aliphatic rings. The van der Waals surface area contributed by atoms with E-state index in [0.29, 0.717) is 24.7 Å². The Kier molecular flexibility index (Phi) is 7.29. The van der Waals surface area contributed by atoms with Crippen LogP contribution in [0.2, 0.25) is 0 Å². The van der Waals surface area contributed by atoms with E-state index >= 15 is 0 Å². The van der Waals surface area contributed by atoms with Crippen molar-refractivity contribution in [1.29, 1.82) is 0 Å². The standard InChI is InChI=1S/C21H24F3NO3S/c22-16-8-6-15(7-9-16)21(23,24)10-13-29-19-18(20(26)27)5-3-11-25(19)14-17-4-1-2-12-28-17/h3,5-9,17H,1-2,4,10-14H2,(H,26,27). The minimum Gasteiger partial charge on any atom is -0.478 e.